The third-order valence-electron chi connectivity index (χ3n) is 3.16. The van der Waals surface area contributed by atoms with Crippen LogP contribution in [0.3, 0.4) is 0 Å². The summed E-state index contributed by atoms with van der Waals surface area (Å²) in [5.74, 6) is 0.901. The molecule has 2 aromatic rings. The Bertz CT molecular complexity index is 590. The second-order valence-electron chi connectivity index (χ2n) is 4.72. The van der Waals surface area contributed by atoms with Gasteiger partial charge in [0.05, 0.1) is 16.4 Å². The van der Waals surface area contributed by atoms with Crippen molar-refractivity contribution in [3.05, 3.63) is 45.7 Å². The van der Waals surface area contributed by atoms with Crippen LogP contribution in [0.1, 0.15) is 29.4 Å². The fourth-order valence-electron chi connectivity index (χ4n) is 2.02. The summed E-state index contributed by atoms with van der Waals surface area (Å²) in [5, 5.41) is 5.09. The second-order valence-corrected chi connectivity index (χ2v) is 5.10. The van der Waals surface area contributed by atoms with Crippen LogP contribution in [0.25, 0.3) is 0 Å². The summed E-state index contributed by atoms with van der Waals surface area (Å²) in [6.45, 7) is 9.29. The second kappa shape index (κ2) is 5.66. The highest BCUT2D eigenvalue weighted by molar-refractivity contribution is 6.31. The highest BCUT2D eigenvalue weighted by Gasteiger charge is 2.13. The molecule has 2 rings (SSSR count). The minimum absolute atomic E-state index is 0.442. The molecule has 0 amide bonds. The molecular weight excluding hydrogens is 260 g/mol. The van der Waals surface area contributed by atoms with E-state index in [-0.39, 0.29) is 0 Å². The number of nitrogens with zero attached hydrogens (tertiary/aromatic N) is 2. The normalized spacial score (nSPS) is 10.8. The average molecular weight is 279 g/mol. The molecule has 0 spiro atoms. The molecule has 0 aliphatic heterocycles. The molecule has 1 aromatic heterocycles. The van der Waals surface area contributed by atoms with Crippen LogP contribution in [0.2, 0.25) is 5.02 Å². The van der Waals surface area contributed by atoms with Crippen LogP contribution < -0.4 is 4.74 Å². The summed E-state index contributed by atoms with van der Waals surface area (Å²) in [6.07, 6.45) is 0. The van der Waals surface area contributed by atoms with Crippen molar-refractivity contribution in [2.75, 3.05) is 0 Å². The summed E-state index contributed by atoms with van der Waals surface area (Å²) in [7, 11) is 0. The van der Waals surface area contributed by atoms with E-state index in [1.807, 2.05) is 31.5 Å². The van der Waals surface area contributed by atoms with Crippen molar-refractivity contribution in [2.24, 2.45) is 0 Å². The number of halogens is 1. The number of hydrogen-bond acceptors (Lipinski definition) is 2. The Morgan fingerprint density at radius 1 is 1.26 bits per heavy atom. The highest BCUT2D eigenvalue weighted by Crippen LogP contribution is 2.24. The molecule has 0 radical (unpaired) electrons. The molecule has 19 heavy (non-hydrogen) atoms. The van der Waals surface area contributed by atoms with Crippen LogP contribution >= 0.6 is 11.6 Å². The van der Waals surface area contributed by atoms with E-state index < -0.39 is 0 Å². The standard InChI is InChI=1S/C15H19ClN2O/c1-5-18-13(15(16)12(4)17-18)9-19-14-8-10(2)6-7-11(14)3/h6-8H,5,9H2,1-4H3. The van der Waals surface area contributed by atoms with Crippen LogP contribution in [-0.4, -0.2) is 9.78 Å². The van der Waals surface area contributed by atoms with Crippen molar-refractivity contribution in [1.29, 1.82) is 0 Å². The molecule has 1 heterocycles. The van der Waals surface area contributed by atoms with Gasteiger partial charge in [-0.25, -0.2) is 0 Å². The molecule has 0 fully saturated rings. The molecule has 4 heteroatoms. The minimum Gasteiger partial charge on any atom is -0.487 e. The largest absolute Gasteiger partial charge is 0.487 e. The first-order chi connectivity index (χ1) is 9.02. The Hall–Kier alpha value is -1.48. The summed E-state index contributed by atoms with van der Waals surface area (Å²) in [6, 6.07) is 6.19. The number of aromatic nitrogens is 2. The van der Waals surface area contributed by atoms with Gasteiger partial charge in [0, 0.05) is 6.54 Å². The number of aryl methyl sites for hydroxylation is 4. The molecule has 0 atom stereocenters. The van der Waals surface area contributed by atoms with Crippen LogP contribution in [0.5, 0.6) is 5.75 Å². The molecule has 0 unspecified atom stereocenters. The van der Waals surface area contributed by atoms with Gasteiger partial charge in [0.2, 0.25) is 0 Å². The molecule has 102 valence electrons. The van der Waals surface area contributed by atoms with E-state index >= 15 is 0 Å². The third kappa shape index (κ3) is 2.92. The molecule has 0 aliphatic rings. The van der Waals surface area contributed by atoms with Gasteiger partial charge in [-0.15, -0.1) is 0 Å². The predicted octanol–water partition coefficient (Wildman–Crippen LogP) is 4.06. The van der Waals surface area contributed by atoms with Gasteiger partial charge in [-0.1, -0.05) is 23.7 Å². The molecule has 1 aromatic carbocycles. The molecule has 0 bridgehead atoms. The Kier molecular flexibility index (Phi) is 4.15. The summed E-state index contributed by atoms with van der Waals surface area (Å²) >= 11 is 6.27. The maximum atomic E-state index is 6.27. The first-order valence-electron chi connectivity index (χ1n) is 6.44. The van der Waals surface area contributed by atoms with Gasteiger partial charge in [-0.3, -0.25) is 4.68 Å². The van der Waals surface area contributed by atoms with E-state index in [9.17, 15) is 0 Å². The van der Waals surface area contributed by atoms with Gasteiger partial charge < -0.3 is 4.74 Å². The Morgan fingerprint density at radius 2 is 2.00 bits per heavy atom. The Balaban J connectivity index is 2.21. The Morgan fingerprint density at radius 3 is 2.68 bits per heavy atom. The molecule has 0 aliphatic carbocycles. The molecule has 0 saturated heterocycles. The van der Waals surface area contributed by atoms with Crippen LogP contribution in [-0.2, 0) is 13.2 Å². The summed E-state index contributed by atoms with van der Waals surface area (Å²) in [4.78, 5) is 0. The van der Waals surface area contributed by atoms with Crippen molar-refractivity contribution < 1.29 is 4.74 Å². The third-order valence-corrected chi connectivity index (χ3v) is 3.65. The fraction of sp³-hybridized carbons (Fsp3) is 0.400. The maximum absolute atomic E-state index is 6.27. The van der Waals surface area contributed by atoms with E-state index in [1.165, 1.54) is 5.56 Å². The number of ether oxygens (including phenoxy) is 1. The average Bonchev–Trinajstić information content (AvgIpc) is 2.66. The van der Waals surface area contributed by atoms with E-state index in [2.05, 4.69) is 24.2 Å². The van der Waals surface area contributed by atoms with Crippen LogP contribution in [0.15, 0.2) is 18.2 Å². The van der Waals surface area contributed by atoms with Crippen molar-refractivity contribution in [3.63, 3.8) is 0 Å². The minimum atomic E-state index is 0.442. The highest BCUT2D eigenvalue weighted by atomic mass is 35.5. The molecule has 0 saturated carbocycles. The van der Waals surface area contributed by atoms with E-state index in [1.54, 1.807) is 0 Å². The lowest BCUT2D eigenvalue weighted by atomic mass is 10.1. The Labute approximate surface area is 119 Å². The lowest BCUT2D eigenvalue weighted by Crippen LogP contribution is -2.07. The first-order valence-corrected chi connectivity index (χ1v) is 6.82. The topological polar surface area (TPSA) is 27.1 Å². The van der Waals surface area contributed by atoms with E-state index in [4.69, 9.17) is 16.3 Å². The number of rotatable bonds is 4. The fourth-order valence-corrected chi connectivity index (χ4v) is 2.21. The van der Waals surface area contributed by atoms with E-state index in [0.29, 0.717) is 11.6 Å². The zero-order valence-corrected chi connectivity index (χ0v) is 12.6. The summed E-state index contributed by atoms with van der Waals surface area (Å²) < 4.78 is 7.79. The number of benzene rings is 1. The van der Waals surface area contributed by atoms with Gasteiger partial charge in [0.1, 0.15) is 12.4 Å². The molecule has 3 nitrogen and oxygen atoms in total. The van der Waals surface area contributed by atoms with Crippen molar-refractivity contribution in [1.82, 2.24) is 9.78 Å². The van der Waals surface area contributed by atoms with Gasteiger partial charge in [0.15, 0.2) is 0 Å². The lowest BCUT2D eigenvalue weighted by molar-refractivity contribution is 0.290. The molecule has 0 N–H and O–H groups in total. The number of hydrogen-bond donors (Lipinski definition) is 0. The zero-order chi connectivity index (χ0) is 14.0. The van der Waals surface area contributed by atoms with Crippen LogP contribution in [0.4, 0.5) is 0 Å². The SMILES string of the molecule is CCn1nc(C)c(Cl)c1COc1cc(C)ccc1C. The van der Waals surface area contributed by atoms with Gasteiger partial charge in [0.25, 0.3) is 0 Å². The smallest absolute Gasteiger partial charge is 0.131 e. The van der Waals surface area contributed by atoms with Crippen molar-refractivity contribution in [2.45, 2.75) is 40.8 Å². The first kappa shape index (κ1) is 13.9. The van der Waals surface area contributed by atoms with E-state index in [0.717, 1.165) is 29.2 Å². The summed E-state index contributed by atoms with van der Waals surface area (Å²) in [5.41, 5.74) is 4.10. The van der Waals surface area contributed by atoms with Gasteiger partial charge in [-0.05, 0) is 44.9 Å². The van der Waals surface area contributed by atoms with Crippen molar-refractivity contribution >= 4 is 11.6 Å². The van der Waals surface area contributed by atoms with Gasteiger partial charge in [-0.2, -0.15) is 5.10 Å². The monoisotopic (exact) mass is 278 g/mol. The lowest BCUT2D eigenvalue weighted by Gasteiger charge is -2.11. The molecular formula is C15H19ClN2O. The predicted molar refractivity (Wildman–Crippen MR) is 77.9 cm³/mol. The zero-order valence-electron chi connectivity index (χ0n) is 11.8. The van der Waals surface area contributed by atoms with Gasteiger partial charge >= 0.3 is 0 Å². The quantitative estimate of drug-likeness (QED) is 0.843. The van der Waals surface area contributed by atoms with Crippen LogP contribution in [0, 0.1) is 20.8 Å². The van der Waals surface area contributed by atoms with Crippen molar-refractivity contribution in [3.8, 4) is 5.75 Å². The maximum Gasteiger partial charge on any atom is 0.131 e.